The van der Waals surface area contributed by atoms with Gasteiger partial charge in [-0.1, -0.05) is 48.5 Å². The second-order valence-corrected chi connectivity index (χ2v) is 4.43. The highest BCUT2D eigenvalue weighted by Gasteiger charge is 2.19. The highest BCUT2D eigenvalue weighted by atomic mass is 16.3. The fraction of sp³-hybridized carbons (Fsp3) is 0.250. The molecule has 0 aromatic heterocycles. The Morgan fingerprint density at radius 3 is 2.11 bits per heavy atom. The van der Waals surface area contributed by atoms with Gasteiger partial charge in [-0.25, -0.2) is 0 Å². The molecule has 2 aromatic rings. The topological polar surface area (TPSA) is 35.5 Å². The lowest BCUT2D eigenvalue weighted by molar-refractivity contribution is 0.275. The summed E-state index contributed by atoms with van der Waals surface area (Å²) in [4.78, 5) is 1.99. The molecule has 19 heavy (non-hydrogen) atoms. The second kappa shape index (κ2) is 6.92. The van der Waals surface area contributed by atoms with E-state index in [4.69, 9.17) is 0 Å². The fourth-order valence-corrected chi connectivity index (χ4v) is 2.26. The van der Waals surface area contributed by atoms with Gasteiger partial charge < -0.3 is 15.3 Å². The number of benzene rings is 2. The van der Waals surface area contributed by atoms with Gasteiger partial charge in [0.15, 0.2) is 0 Å². The molecule has 2 aromatic carbocycles. The zero-order valence-corrected chi connectivity index (χ0v) is 11.2. The van der Waals surface area contributed by atoms with Gasteiger partial charge in [0.25, 0.3) is 0 Å². The van der Waals surface area contributed by atoms with Crippen LogP contribution in [0, 0.1) is 0 Å². The van der Waals surface area contributed by atoms with Gasteiger partial charge in [-0.15, -0.1) is 0 Å². The van der Waals surface area contributed by atoms with Crippen molar-refractivity contribution in [3.8, 4) is 0 Å². The van der Waals surface area contributed by atoms with Crippen LogP contribution in [0.25, 0.3) is 0 Å². The number of hydrogen-bond donors (Lipinski definition) is 2. The minimum absolute atomic E-state index is 0.00868. The Morgan fingerprint density at radius 1 is 1.00 bits per heavy atom. The molecule has 3 heteroatoms. The van der Waals surface area contributed by atoms with Crippen molar-refractivity contribution >= 4 is 5.69 Å². The summed E-state index contributed by atoms with van der Waals surface area (Å²) >= 11 is 0. The van der Waals surface area contributed by atoms with Crippen molar-refractivity contribution in [1.29, 1.82) is 0 Å². The SMILES string of the molecule is CNCC(c1ccccc1)N(CO)c1ccccc1. The third kappa shape index (κ3) is 3.34. The van der Waals surface area contributed by atoms with Crippen LogP contribution < -0.4 is 10.2 Å². The van der Waals surface area contributed by atoms with E-state index in [1.165, 1.54) is 5.56 Å². The number of rotatable bonds is 6. The van der Waals surface area contributed by atoms with Crippen molar-refractivity contribution in [3.63, 3.8) is 0 Å². The van der Waals surface area contributed by atoms with E-state index in [2.05, 4.69) is 17.4 Å². The minimum Gasteiger partial charge on any atom is -0.376 e. The van der Waals surface area contributed by atoms with Crippen LogP contribution in [0.3, 0.4) is 0 Å². The Kier molecular flexibility index (Phi) is 4.95. The van der Waals surface area contributed by atoms with Crippen molar-refractivity contribution in [2.45, 2.75) is 6.04 Å². The maximum Gasteiger partial charge on any atom is 0.116 e. The lowest BCUT2D eigenvalue weighted by atomic mass is 10.0. The normalized spacial score (nSPS) is 12.1. The Labute approximate surface area is 114 Å². The van der Waals surface area contributed by atoms with Crippen LogP contribution in [0.2, 0.25) is 0 Å². The van der Waals surface area contributed by atoms with Crippen molar-refractivity contribution in [1.82, 2.24) is 5.32 Å². The number of nitrogens with one attached hydrogen (secondary N) is 1. The molecule has 0 aliphatic heterocycles. The van der Waals surface area contributed by atoms with E-state index in [0.29, 0.717) is 0 Å². The number of hydrogen-bond acceptors (Lipinski definition) is 3. The number of para-hydroxylation sites is 1. The summed E-state index contributed by atoms with van der Waals surface area (Å²) in [5.41, 5.74) is 2.21. The van der Waals surface area contributed by atoms with Crippen LogP contribution in [0.5, 0.6) is 0 Å². The molecule has 3 nitrogen and oxygen atoms in total. The lowest BCUT2D eigenvalue weighted by Crippen LogP contribution is -2.35. The van der Waals surface area contributed by atoms with Crippen molar-refractivity contribution in [3.05, 3.63) is 66.2 Å². The summed E-state index contributed by atoms with van der Waals surface area (Å²) in [6.45, 7) is 0.769. The molecule has 100 valence electrons. The Morgan fingerprint density at radius 2 is 1.58 bits per heavy atom. The molecule has 0 radical (unpaired) electrons. The molecule has 0 saturated heterocycles. The number of likely N-dealkylation sites (N-methyl/N-ethyl adjacent to an activating group) is 1. The van der Waals surface area contributed by atoms with Crippen LogP contribution in [0.1, 0.15) is 11.6 Å². The van der Waals surface area contributed by atoms with Gasteiger partial charge in [-0.05, 0) is 24.7 Å². The van der Waals surface area contributed by atoms with Crippen LogP contribution >= 0.6 is 0 Å². The Bertz CT molecular complexity index is 473. The molecule has 0 spiro atoms. The third-order valence-corrected chi connectivity index (χ3v) is 3.20. The molecule has 2 N–H and O–H groups in total. The van der Waals surface area contributed by atoms with E-state index in [1.54, 1.807) is 0 Å². The first-order valence-corrected chi connectivity index (χ1v) is 6.49. The van der Waals surface area contributed by atoms with Gasteiger partial charge >= 0.3 is 0 Å². The molecular weight excluding hydrogens is 236 g/mol. The summed E-state index contributed by atoms with van der Waals surface area (Å²) < 4.78 is 0. The molecule has 0 aliphatic carbocycles. The first kappa shape index (κ1) is 13.6. The number of nitrogens with zero attached hydrogens (tertiary/aromatic N) is 1. The van der Waals surface area contributed by atoms with Gasteiger partial charge in [0.1, 0.15) is 6.73 Å². The number of aliphatic hydroxyl groups excluding tert-OH is 1. The second-order valence-electron chi connectivity index (χ2n) is 4.43. The van der Waals surface area contributed by atoms with Gasteiger partial charge in [0, 0.05) is 12.2 Å². The first-order chi connectivity index (χ1) is 9.36. The van der Waals surface area contributed by atoms with Gasteiger partial charge in [-0.2, -0.15) is 0 Å². The molecule has 0 aliphatic rings. The van der Waals surface area contributed by atoms with E-state index in [9.17, 15) is 5.11 Å². The zero-order chi connectivity index (χ0) is 13.5. The minimum atomic E-state index is -0.00868. The molecule has 0 saturated carbocycles. The predicted molar refractivity (Wildman–Crippen MR) is 79.1 cm³/mol. The quantitative estimate of drug-likeness (QED) is 0.779. The maximum absolute atomic E-state index is 9.74. The molecular formula is C16H20N2O. The van der Waals surface area contributed by atoms with Crippen LogP contribution in [-0.2, 0) is 0 Å². The average molecular weight is 256 g/mol. The number of anilines is 1. The van der Waals surface area contributed by atoms with E-state index in [0.717, 1.165) is 12.2 Å². The predicted octanol–water partition coefficient (Wildman–Crippen LogP) is 2.40. The Balaban J connectivity index is 2.31. The number of aliphatic hydroxyl groups is 1. The average Bonchev–Trinajstić information content (AvgIpc) is 2.49. The smallest absolute Gasteiger partial charge is 0.116 e. The summed E-state index contributed by atoms with van der Waals surface area (Å²) in [7, 11) is 1.93. The van der Waals surface area contributed by atoms with Crippen LogP contribution in [-0.4, -0.2) is 25.4 Å². The molecule has 1 unspecified atom stereocenters. The molecule has 0 bridgehead atoms. The molecule has 0 fully saturated rings. The summed E-state index contributed by atoms with van der Waals surface area (Å²) in [6.07, 6.45) is 0. The monoisotopic (exact) mass is 256 g/mol. The van der Waals surface area contributed by atoms with E-state index in [-0.39, 0.29) is 12.8 Å². The maximum atomic E-state index is 9.74. The Hall–Kier alpha value is -1.84. The van der Waals surface area contributed by atoms with Gasteiger partial charge in [0.05, 0.1) is 6.04 Å². The molecule has 2 rings (SSSR count). The van der Waals surface area contributed by atoms with E-state index >= 15 is 0 Å². The van der Waals surface area contributed by atoms with Crippen molar-refractivity contribution in [2.75, 3.05) is 25.2 Å². The fourth-order valence-electron chi connectivity index (χ4n) is 2.26. The largest absolute Gasteiger partial charge is 0.376 e. The summed E-state index contributed by atoms with van der Waals surface area (Å²) in [5, 5.41) is 12.9. The molecule has 1 atom stereocenters. The van der Waals surface area contributed by atoms with Gasteiger partial charge in [0.2, 0.25) is 0 Å². The van der Waals surface area contributed by atoms with Crippen molar-refractivity contribution in [2.24, 2.45) is 0 Å². The van der Waals surface area contributed by atoms with Gasteiger partial charge in [-0.3, -0.25) is 0 Å². The summed E-state index contributed by atoms with van der Waals surface area (Å²) in [5.74, 6) is 0. The van der Waals surface area contributed by atoms with E-state index < -0.39 is 0 Å². The van der Waals surface area contributed by atoms with E-state index in [1.807, 2.05) is 60.5 Å². The summed E-state index contributed by atoms with van der Waals surface area (Å²) in [6, 6.07) is 20.3. The molecule has 0 amide bonds. The highest BCUT2D eigenvalue weighted by molar-refractivity contribution is 5.48. The zero-order valence-electron chi connectivity index (χ0n) is 11.2. The standard InChI is InChI=1S/C16H20N2O/c1-17-12-16(14-8-4-2-5-9-14)18(13-19)15-10-6-3-7-11-15/h2-11,16-17,19H,12-13H2,1H3. The first-order valence-electron chi connectivity index (χ1n) is 6.49. The van der Waals surface area contributed by atoms with Crippen molar-refractivity contribution < 1.29 is 5.11 Å². The van der Waals surface area contributed by atoms with Crippen LogP contribution in [0.4, 0.5) is 5.69 Å². The lowest BCUT2D eigenvalue weighted by Gasteiger charge is -2.32. The highest BCUT2D eigenvalue weighted by Crippen LogP contribution is 2.25. The third-order valence-electron chi connectivity index (χ3n) is 3.20. The van der Waals surface area contributed by atoms with Crippen LogP contribution in [0.15, 0.2) is 60.7 Å². The molecule has 0 heterocycles.